The molecule has 5 heterocycles. The molecular weight excluding hydrogens is 811 g/mol. The third-order valence-electron chi connectivity index (χ3n) is 13.8. The van der Waals surface area contributed by atoms with Crippen molar-refractivity contribution in [1.82, 2.24) is 25.1 Å². The number of amides is 1. The molecule has 4 aromatic rings. The maximum Gasteiger partial charge on any atom is 0.494 e. The number of aromatic nitrogens is 2. The molecule has 15 heteroatoms. The molecule has 0 bridgehead atoms. The van der Waals surface area contributed by atoms with Gasteiger partial charge in [-0.3, -0.25) is 9.78 Å². The Balaban J connectivity index is 1.18. The Morgan fingerprint density at radius 1 is 0.938 bits per heavy atom. The summed E-state index contributed by atoms with van der Waals surface area (Å²) in [7, 11) is 1.17. The van der Waals surface area contributed by atoms with Gasteiger partial charge in [-0.25, -0.2) is 4.79 Å². The number of nitrogens with one attached hydrogen (secondary N) is 2. The van der Waals surface area contributed by atoms with E-state index in [0.717, 1.165) is 76.1 Å². The summed E-state index contributed by atoms with van der Waals surface area (Å²) in [5, 5.41) is 7.70. The van der Waals surface area contributed by atoms with Crippen molar-refractivity contribution in [2.24, 2.45) is 5.41 Å². The van der Waals surface area contributed by atoms with Crippen LogP contribution in [0.5, 0.6) is 0 Å². The fourth-order valence-corrected chi connectivity index (χ4v) is 8.96. The first-order valence-corrected chi connectivity index (χ1v) is 23.1. The molecule has 1 amide bonds. The summed E-state index contributed by atoms with van der Waals surface area (Å²) in [6.07, 6.45) is 3.92. The van der Waals surface area contributed by atoms with Crippen molar-refractivity contribution in [3.63, 3.8) is 0 Å². The van der Waals surface area contributed by atoms with Crippen LogP contribution in [0.2, 0.25) is 0 Å². The number of anilines is 1. The summed E-state index contributed by atoms with van der Waals surface area (Å²) >= 11 is 0. The predicted molar refractivity (Wildman–Crippen MR) is 249 cm³/mol. The van der Waals surface area contributed by atoms with Crippen molar-refractivity contribution in [1.29, 1.82) is 0 Å². The van der Waals surface area contributed by atoms with E-state index in [0.29, 0.717) is 58.9 Å². The summed E-state index contributed by atoms with van der Waals surface area (Å²) in [5.41, 5.74) is 6.67. The van der Waals surface area contributed by atoms with Gasteiger partial charge in [0.05, 0.1) is 59.9 Å². The molecule has 2 aromatic carbocycles. The van der Waals surface area contributed by atoms with Crippen LogP contribution in [-0.2, 0) is 52.6 Å². The molecule has 4 fully saturated rings. The minimum Gasteiger partial charge on any atom is -0.464 e. The van der Waals surface area contributed by atoms with Gasteiger partial charge in [0.1, 0.15) is 12.6 Å². The molecule has 2 N–H and O–H groups in total. The Bertz CT molecular complexity index is 2250. The van der Waals surface area contributed by atoms with Crippen LogP contribution in [0.4, 0.5) is 10.5 Å². The monoisotopic (exact) mass is 879 g/mol. The minimum absolute atomic E-state index is 0.0568. The second-order valence-corrected chi connectivity index (χ2v) is 19.3. The average molecular weight is 879 g/mol. The molecule has 64 heavy (non-hydrogen) atoms. The fraction of sp³-hybridized carbons (Fsp3) is 0.571. The second kappa shape index (κ2) is 19.1. The number of carbonyl (C=O) groups is 2. The lowest BCUT2D eigenvalue weighted by Gasteiger charge is -2.35. The number of esters is 1. The van der Waals surface area contributed by atoms with E-state index in [2.05, 4.69) is 85.9 Å². The van der Waals surface area contributed by atoms with E-state index < -0.39 is 18.3 Å². The van der Waals surface area contributed by atoms with Gasteiger partial charge in [-0.1, -0.05) is 42.5 Å². The van der Waals surface area contributed by atoms with Gasteiger partial charge in [-0.15, -0.1) is 0 Å². The van der Waals surface area contributed by atoms with Gasteiger partial charge >= 0.3 is 19.2 Å². The zero-order valence-corrected chi connectivity index (χ0v) is 39.0. The highest BCUT2D eigenvalue weighted by Gasteiger charge is 2.52. The summed E-state index contributed by atoms with van der Waals surface area (Å²) in [6, 6.07) is 18.2. The molecule has 0 unspecified atom stereocenters. The van der Waals surface area contributed by atoms with Gasteiger partial charge < -0.3 is 53.3 Å². The van der Waals surface area contributed by atoms with Crippen LogP contribution >= 0.6 is 0 Å². The van der Waals surface area contributed by atoms with Crippen LogP contribution in [0.3, 0.4) is 0 Å². The lowest BCUT2D eigenvalue weighted by atomic mass is 9.78. The molecule has 344 valence electrons. The van der Waals surface area contributed by atoms with E-state index in [-0.39, 0.29) is 42.3 Å². The number of methoxy groups -OCH3 is 1. The molecule has 3 saturated heterocycles. The van der Waals surface area contributed by atoms with Gasteiger partial charge in [0.15, 0.2) is 0 Å². The molecule has 2 aromatic heterocycles. The number of nitrogens with zero attached hydrogens (tertiary/aromatic N) is 4. The normalized spacial score (nSPS) is 20.8. The van der Waals surface area contributed by atoms with Gasteiger partial charge in [-0.05, 0) is 96.5 Å². The van der Waals surface area contributed by atoms with Crippen LogP contribution in [0.1, 0.15) is 84.2 Å². The number of ether oxygens (including phenoxy) is 4. The van der Waals surface area contributed by atoms with E-state index in [4.69, 9.17) is 33.2 Å². The quantitative estimate of drug-likeness (QED) is 0.101. The lowest BCUT2D eigenvalue weighted by Crippen LogP contribution is -2.53. The summed E-state index contributed by atoms with van der Waals surface area (Å²) < 4.78 is 39.7. The van der Waals surface area contributed by atoms with Crippen LogP contribution in [0, 0.1) is 5.41 Å². The first-order valence-electron chi connectivity index (χ1n) is 23.1. The molecule has 2 atom stereocenters. The third kappa shape index (κ3) is 10.00. The van der Waals surface area contributed by atoms with E-state index in [1.807, 2.05) is 43.5 Å². The van der Waals surface area contributed by atoms with Crippen molar-refractivity contribution in [2.75, 3.05) is 71.0 Å². The SMILES string of the molecule is CO[C@@H](C)c1ncc(N2CCN(C(=O)OCc3ccccc3)CC2)cc1-c1c(CC2(COC(=O)[C@@H]3CNCCN3)CC2)c2cc(B3OC(C)(C)C(C)(C)O3)ccc2n1CCOC(C)C. The van der Waals surface area contributed by atoms with Crippen molar-refractivity contribution in [3.05, 3.63) is 77.6 Å². The zero-order valence-electron chi connectivity index (χ0n) is 39.0. The van der Waals surface area contributed by atoms with Gasteiger partial charge in [-0.2, -0.15) is 0 Å². The highest BCUT2D eigenvalue weighted by molar-refractivity contribution is 6.62. The standard InChI is InChI=1S/C49H67BN6O8/c1-33(2)60-25-24-56-42-15-14-36(50-63-47(4,5)48(6,7)64-50)26-38(42)40(28-49(16-17-49)32-62-45(57)41-30-51-18-19-52-41)44(56)39-27-37(29-53-43(39)34(3)59-8)54-20-22-55(23-21-54)46(58)61-31-35-12-10-9-11-13-35/h9-15,26-27,29,33-34,41,51-52H,16-25,28,30-32H2,1-8H3/t34-,41-/m0/s1. The van der Waals surface area contributed by atoms with Gasteiger partial charge in [0.2, 0.25) is 0 Å². The maximum absolute atomic E-state index is 13.4. The zero-order chi connectivity index (χ0) is 45.2. The number of hydrogen-bond donors (Lipinski definition) is 2. The molecule has 8 rings (SSSR count). The maximum atomic E-state index is 13.4. The molecule has 4 aliphatic rings. The molecule has 3 aliphatic heterocycles. The van der Waals surface area contributed by atoms with Crippen LogP contribution in [0.25, 0.3) is 22.2 Å². The smallest absolute Gasteiger partial charge is 0.464 e. The Kier molecular flexibility index (Phi) is 13.8. The highest BCUT2D eigenvalue weighted by atomic mass is 16.7. The first-order chi connectivity index (χ1) is 30.7. The van der Waals surface area contributed by atoms with Crippen molar-refractivity contribution in [3.8, 4) is 11.3 Å². The Labute approximate surface area is 378 Å². The van der Waals surface area contributed by atoms with E-state index in [1.165, 1.54) is 0 Å². The van der Waals surface area contributed by atoms with Crippen molar-refractivity contribution < 1.29 is 37.8 Å². The van der Waals surface area contributed by atoms with Gasteiger partial charge in [0, 0.05) is 81.3 Å². The summed E-state index contributed by atoms with van der Waals surface area (Å²) in [4.78, 5) is 35.8. The lowest BCUT2D eigenvalue weighted by molar-refractivity contribution is -0.148. The number of piperazine rings is 2. The number of benzene rings is 2. The van der Waals surface area contributed by atoms with E-state index in [1.54, 1.807) is 12.0 Å². The van der Waals surface area contributed by atoms with Crippen LogP contribution in [0.15, 0.2) is 60.8 Å². The molecule has 0 radical (unpaired) electrons. The number of fused-ring (bicyclic) bond motifs is 1. The molecule has 14 nitrogen and oxygen atoms in total. The van der Waals surface area contributed by atoms with E-state index >= 15 is 0 Å². The predicted octanol–water partition coefficient (Wildman–Crippen LogP) is 6.02. The molecule has 1 saturated carbocycles. The van der Waals surface area contributed by atoms with Crippen LogP contribution < -0.4 is 21.0 Å². The average Bonchev–Trinajstić information content (AvgIpc) is 3.95. The van der Waals surface area contributed by atoms with Gasteiger partial charge in [0.25, 0.3) is 0 Å². The number of pyridine rings is 1. The Morgan fingerprint density at radius 3 is 2.33 bits per heavy atom. The van der Waals surface area contributed by atoms with Crippen molar-refractivity contribution >= 4 is 41.2 Å². The van der Waals surface area contributed by atoms with E-state index in [9.17, 15) is 9.59 Å². The summed E-state index contributed by atoms with van der Waals surface area (Å²) in [6.45, 7) is 20.5. The molecular formula is C49H67BN6O8. The molecule has 1 aliphatic carbocycles. The Morgan fingerprint density at radius 2 is 1.67 bits per heavy atom. The largest absolute Gasteiger partial charge is 0.494 e. The third-order valence-corrected chi connectivity index (χ3v) is 13.8. The number of carbonyl (C=O) groups excluding carboxylic acids is 2. The topological polar surface area (TPSA) is 138 Å². The first kappa shape index (κ1) is 46.0. The summed E-state index contributed by atoms with van der Waals surface area (Å²) in [5.74, 6) is -0.215. The number of rotatable bonds is 16. The number of hydrogen-bond acceptors (Lipinski definition) is 12. The molecule has 0 spiro atoms. The minimum atomic E-state index is -0.547. The van der Waals surface area contributed by atoms with Crippen LogP contribution in [-0.4, -0.2) is 123 Å². The Hall–Kier alpha value is -4.51. The fourth-order valence-electron chi connectivity index (χ4n) is 8.96. The second-order valence-electron chi connectivity index (χ2n) is 19.3. The highest BCUT2D eigenvalue weighted by Crippen LogP contribution is 2.52. The van der Waals surface area contributed by atoms with Crippen molar-refractivity contribution in [2.45, 2.75) is 110 Å².